The Balaban J connectivity index is 1.53. The van der Waals surface area contributed by atoms with Gasteiger partial charge in [-0.3, -0.25) is 0 Å². The van der Waals surface area contributed by atoms with Crippen LogP contribution in [0.2, 0.25) is 0 Å². The van der Waals surface area contributed by atoms with Crippen molar-refractivity contribution in [2.24, 2.45) is 29.1 Å². The number of ether oxygens (including phenoxy) is 1. The van der Waals surface area contributed by atoms with E-state index in [0.717, 1.165) is 36.7 Å². The molecule has 6 atom stereocenters. The fraction of sp³-hybridized carbons (Fsp3) is 0.958. The highest BCUT2D eigenvalue weighted by Crippen LogP contribution is 2.56. The molecule has 0 amide bonds. The molecule has 0 aliphatic heterocycles. The van der Waals surface area contributed by atoms with Crippen molar-refractivity contribution >= 4 is 0 Å². The number of nitriles is 1. The highest BCUT2D eigenvalue weighted by molar-refractivity contribution is 5.06. The molecule has 3 rings (SSSR count). The summed E-state index contributed by atoms with van der Waals surface area (Å²) >= 11 is 0. The Morgan fingerprint density at radius 3 is 2.46 bits per heavy atom. The van der Waals surface area contributed by atoms with Gasteiger partial charge in [0.15, 0.2) is 0 Å². The van der Waals surface area contributed by atoms with Crippen LogP contribution in [0.1, 0.15) is 104 Å². The SMILES string of the molecule is CCCCC[C@]1(C#N)CCC2C(CCC3C[C@H](OCCCC)CCC32)C1. The Kier molecular flexibility index (Phi) is 7.44. The Labute approximate surface area is 162 Å². The third-order valence-electron chi connectivity index (χ3n) is 8.01. The largest absolute Gasteiger partial charge is 0.378 e. The van der Waals surface area contributed by atoms with Crippen LogP contribution in [0.25, 0.3) is 0 Å². The van der Waals surface area contributed by atoms with Crippen LogP contribution in [0, 0.1) is 40.4 Å². The van der Waals surface area contributed by atoms with Crippen LogP contribution in [0.15, 0.2) is 0 Å². The third-order valence-corrected chi connectivity index (χ3v) is 8.01. The monoisotopic (exact) mass is 359 g/mol. The smallest absolute Gasteiger partial charge is 0.0689 e. The van der Waals surface area contributed by atoms with Crippen molar-refractivity contribution < 1.29 is 4.74 Å². The fourth-order valence-electron chi connectivity index (χ4n) is 6.53. The van der Waals surface area contributed by atoms with Crippen LogP contribution in [-0.4, -0.2) is 12.7 Å². The van der Waals surface area contributed by atoms with Gasteiger partial charge in [0.05, 0.1) is 17.6 Å². The van der Waals surface area contributed by atoms with E-state index in [2.05, 4.69) is 19.9 Å². The predicted molar refractivity (Wildman–Crippen MR) is 108 cm³/mol. The zero-order valence-electron chi connectivity index (χ0n) is 17.3. The van der Waals surface area contributed by atoms with Crippen molar-refractivity contribution in [2.45, 2.75) is 110 Å². The lowest BCUT2D eigenvalue weighted by atomic mass is 9.53. The summed E-state index contributed by atoms with van der Waals surface area (Å²) in [6, 6.07) is 2.80. The molecule has 4 unspecified atom stereocenters. The first-order chi connectivity index (χ1) is 12.7. The standard InChI is InChI=1S/C24H41NO/c1-3-5-7-13-24(18-25)14-12-23-20(17-24)9-8-19-16-21(10-11-22(19)23)26-15-6-4-2/h19-23H,3-17H2,1-2H3/t19?,20?,21-,22?,23?,24+/m1/s1. The van der Waals surface area contributed by atoms with Crippen molar-refractivity contribution in [1.29, 1.82) is 5.26 Å². The van der Waals surface area contributed by atoms with Crippen LogP contribution >= 0.6 is 0 Å². The summed E-state index contributed by atoms with van der Waals surface area (Å²) < 4.78 is 6.17. The summed E-state index contributed by atoms with van der Waals surface area (Å²) in [4.78, 5) is 0. The second kappa shape index (κ2) is 9.59. The van der Waals surface area contributed by atoms with Gasteiger partial charge in [0, 0.05) is 6.61 Å². The van der Waals surface area contributed by atoms with Gasteiger partial charge < -0.3 is 4.74 Å². The topological polar surface area (TPSA) is 33.0 Å². The highest BCUT2D eigenvalue weighted by atomic mass is 16.5. The molecule has 2 nitrogen and oxygen atoms in total. The molecule has 0 bridgehead atoms. The molecule has 26 heavy (non-hydrogen) atoms. The van der Waals surface area contributed by atoms with Gasteiger partial charge in [-0.15, -0.1) is 0 Å². The van der Waals surface area contributed by atoms with Crippen LogP contribution in [0.4, 0.5) is 0 Å². The van der Waals surface area contributed by atoms with E-state index in [4.69, 9.17) is 4.74 Å². The number of hydrogen-bond acceptors (Lipinski definition) is 2. The molecule has 0 N–H and O–H groups in total. The lowest BCUT2D eigenvalue weighted by Gasteiger charge is -2.52. The Hall–Kier alpha value is -0.550. The lowest BCUT2D eigenvalue weighted by Crippen LogP contribution is -2.45. The molecule has 0 radical (unpaired) electrons. The minimum absolute atomic E-state index is 0.0175. The van der Waals surface area contributed by atoms with Crippen molar-refractivity contribution in [3.8, 4) is 6.07 Å². The van der Waals surface area contributed by atoms with Crippen LogP contribution in [-0.2, 0) is 4.74 Å². The van der Waals surface area contributed by atoms with E-state index >= 15 is 0 Å². The number of nitrogens with zero attached hydrogens (tertiary/aromatic N) is 1. The second-order valence-electron chi connectivity index (χ2n) is 9.68. The maximum absolute atomic E-state index is 9.93. The minimum atomic E-state index is 0.0175. The number of hydrogen-bond donors (Lipinski definition) is 0. The molecule has 0 heterocycles. The lowest BCUT2D eigenvalue weighted by molar-refractivity contribution is -0.0594. The molecule has 0 aromatic rings. The molecule has 0 saturated heterocycles. The molecular formula is C24H41NO. The van der Waals surface area contributed by atoms with Crippen LogP contribution in [0.5, 0.6) is 0 Å². The second-order valence-corrected chi connectivity index (χ2v) is 9.68. The molecule has 0 aromatic carbocycles. The van der Waals surface area contributed by atoms with Crippen molar-refractivity contribution in [1.82, 2.24) is 0 Å². The maximum Gasteiger partial charge on any atom is 0.0689 e. The van der Waals surface area contributed by atoms with Gasteiger partial charge in [0.1, 0.15) is 0 Å². The normalized spacial score (nSPS) is 39.7. The summed E-state index contributed by atoms with van der Waals surface area (Å²) in [5.41, 5.74) is 0.0175. The summed E-state index contributed by atoms with van der Waals surface area (Å²) in [5, 5.41) is 9.93. The van der Waals surface area contributed by atoms with Gasteiger partial charge in [-0.1, -0.05) is 39.5 Å². The van der Waals surface area contributed by atoms with E-state index in [1.165, 1.54) is 83.5 Å². The van der Waals surface area contributed by atoms with E-state index < -0.39 is 0 Å². The summed E-state index contributed by atoms with van der Waals surface area (Å²) in [6.45, 7) is 5.47. The highest BCUT2D eigenvalue weighted by Gasteiger charge is 2.48. The Morgan fingerprint density at radius 1 is 0.923 bits per heavy atom. The molecule has 148 valence electrons. The average molecular weight is 360 g/mol. The molecule has 3 aliphatic carbocycles. The van der Waals surface area contributed by atoms with Crippen molar-refractivity contribution in [3.63, 3.8) is 0 Å². The number of rotatable bonds is 8. The van der Waals surface area contributed by atoms with Gasteiger partial charge in [0.25, 0.3) is 0 Å². The third kappa shape index (κ3) is 4.64. The van der Waals surface area contributed by atoms with E-state index in [1.54, 1.807) is 0 Å². The molecule has 3 saturated carbocycles. The number of unbranched alkanes of at least 4 members (excludes halogenated alkanes) is 3. The zero-order chi connectivity index (χ0) is 18.4. The zero-order valence-corrected chi connectivity index (χ0v) is 17.3. The Morgan fingerprint density at radius 2 is 1.69 bits per heavy atom. The molecule has 0 spiro atoms. The first-order valence-corrected chi connectivity index (χ1v) is 11.7. The summed E-state index contributed by atoms with van der Waals surface area (Å²) in [6.07, 6.45) is 18.4. The summed E-state index contributed by atoms with van der Waals surface area (Å²) in [7, 11) is 0. The van der Waals surface area contributed by atoms with Gasteiger partial charge >= 0.3 is 0 Å². The van der Waals surface area contributed by atoms with Gasteiger partial charge in [-0.25, -0.2) is 0 Å². The van der Waals surface area contributed by atoms with Crippen molar-refractivity contribution in [2.75, 3.05) is 6.61 Å². The van der Waals surface area contributed by atoms with Gasteiger partial charge in [0.2, 0.25) is 0 Å². The first kappa shape index (κ1) is 20.2. The quantitative estimate of drug-likeness (QED) is 0.442. The molecule has 3 fully saturated rings. The molecule has 3 aliphatic rings. The summed E-state index contributed by atoms with van der Waals surface area (Å²) in [5.74, 6) is 3.60. The molecular weight excluding hydrogens is 318 g/mol. The maximum atomic E-state index is 9.93. The van der Waals surface area contributed by atoms with Crippen LogP contribution in [0.3, 0.4) is 0 Å². The predicted octanol–water partition coefficient (Wildman–Crippen LogP) is 6.89. The first-order valence-electron chi connectivity index (χ1n) is 11.7. The molecule has 0 aromatic heterocycles. The van der Waals surface area contributed by atoms with Gasteiger partial charge in [-0.05, 0) is 87.9 Å². The van der Waals surface area contributed by atoms with E-state index in [9.17, 15) is 5.26 Å². The fourth-order valence-corrected chi connectivity index (χ4v) is 6.53. The number of fused-ring (bicyclic) bond motifs is 3. The minimum Gasteiger partial charge on any atom is -0.378 e. The molecule has 2 heteroatoms. The van der Waals surface area contributed by atoms with E-state index in [1.807, 2.05) is 0 Å². The Bertz CT molecular complexity index is 469. The van der Waals surface area contributed by atoms with E-state index in [-0.39, 0.29) is 5.41 Å². The van der Waals surface area contributed by atoms with E-state index in [0.29, 0.717) is 6.10 Å². The van der Waals surface area contributed by atoms with Gasteiger partial charge in [-0.2, -0.15) is 5.26 Å². The average Bonchev–Trinajstić information content (AvgIpc) is 2.68. The van der Waals surface area contributed by atoms with Crippen molar-refractivity contribution in [3.05, 3.63) is 0 Å². The van der Waals surface area contributed by atoms with Crippen LogP contribution < -0.4 is 0 Å².